The van der Waals surface area contributed by atoms with Gasteiger partial charge in [-0.25, -0.2) is 4.79 Å². The molecule has 100 valence electrons. The Morgan fingerprint density at radius 3 is 3.00 bits per heavy atom. The molecule has 1 fully saturated rings. The number of rotatable bonds is 5. The van der Waals surface area contributed by atoms with Crippen LogP contribution < -0.4 is 5.32 Å². The van der Waals surface area contributed by atoms with Gasteiger partial charge in [-0.1, -0.05) is 18.2 Å². The van der Waals surface area contributed by atoms with E-state index in [0.29, 0.717) is 12.6 Å². The largest absolute Gasteiger partial charge is 0.465 e. The lowest BCUT2D eigenvalue weighted by atomic mass is 10.1. The molecule has 1 aromatic heterocycles. The summed E-state index contributed by atoms with van der Waals surface area (Å²) in [5.74, 6) is -0.169. The van der Waals surface area contributed by atoms with Crippen LogP contribution in [0.1, 0.15) is 31.4 Å². The highest BCUT2D eigenvalue weighted by atomic mass is 32.1. The third kappa shape index (κ3) is 2.65. The minimum Gasteiger partial charge on any atom is -0.465 e. The second-order valence-corrected chi connectivity index (χ2v) is 5.72. The average Bonchev–Trinajstić information content (AvgIpc) is 3.14. The van der Waals surface area contributed by atoms with Crippen LogP contribution in [-0.2, 0) is 9.53 Å². The van der Waals surface area contributed by atoms with Crippen LogP contribution in [-0.4, -0.2) is 18.6 Å². The van der Waals surface area contributed by atoms with Gasteiger partial charge in [0.2, 0.25) is 0 Å². The summed E-state index contributed by atoms with van der Waals surface area (Å²) in [7, 11) is 0. The van der Waals surface area contributed by atoms with Crippen LogP contribution in [0.15, 0.2) is 29.6 Å². The van der Waals surface area contributed by atoms with E-state index >= 15 is 0 Å². The summed E-state index contributed by atoms with van der Waals surface area (Å²) < 4.78 is 6.42. The number of thiophene rings is 1. The first-order valence-corrected chi connectivity index (χ1v) is 7.56. The topological polar surface area (TPSA) is 38.3 Å². The van der Waals surface area contributed by atoms with Crippen molar-refractivity contribution in [3.63, 3.8) is 0 Å². The Morgan fingerprint density at radius 1 is 1.47 bits per heavy atom. The van der Waals surface area contributed by atoms with Gasteiger partial charge in [-0.3, -0.25) is 5.32 Å². The molecule has 4 heteroatoms. The van der Waals surface area contributed by atoms with Crippen LogP contribution in [0.25, 0.3) is 10.1 Å². The molecule has 0 spiro atoms. The molecule has 3 rings (SSSR count). The molecule has 0 bridgehead atoms. The van der Waals surface area contributed by atoms with Crippen molar-refractivity contribution in [1.29, 1.82) is 0 Å². The van der Waals surface area contributed by atoms with Crippen molar-refractivity contribution in [2.24, 2.45) is 0 Å². The summed E-state index contributed by atoms with van der Waals surface area (Å²) in [5, 5.41) is 6.62. The van der Waals surface area contributed by atoms with E-state index in [9.17, 15) is 4.79 Å². The summed E-state index contributed by atoms with van der Waals surface area (Å²) in [6.45, 7) is 2.27. The fourth-order valence-electron chi connectivity index (χ4n) is 2.22. The Balaban J connectivity index is 1.95. The molecule has 0 amide bonds. The molecule has 0 aliphatic heterocycles. The smallest absolute Gasteiger partial charge is 0.327 e. The van der Waals surface area contributed by atoms with E-state index in [2.05, 4.69) is 22.8 Å². The number of esters is 1. The van der Waals surface area contributed by atoms with Crippen molar-refractivity contribution in [1.82, 2.24) is 5.32 Å². The first-order chi connectivity index (χ1) is 9.29. The number of hydrogen-bond acceptors (Lipinski definition) is 4. The van der Waals surface area contributed by atoms with Gasteiger partial charge in [0.15, 0.2) is 0 Å². The second-order valence-electron chi connectivity index (χ2n) is 4.81. The maximum Gasteiger partial charge on any atom is 0.327 e. The first kappa shape index (κ1) is 12.6. The molecule has 1 saturated carbocycles. The fraction of sp³-hybridized carbons (Fsp3) is 0.400. The molecule has 1 unspecified atom stereocenters. The van der Waals surface area contributed by atoms with Gasteiger partial charge in [-0.15, -0.1) is 11.3 Å². The number of fused-ring (bicyclic) bond motifs is 1. The van der Waals surface area contributed by atoms with Crippen LogP contribution in [0.4, 0.5) is 0 Å². The zero-order valence-electron chi connectivity index (χ0n) is 10.9. The van der Waals surface area contributed by atoms with Gasteiger partial charge in [0.1, 0.15) is 6.04 Å². The molecule has 1 aromatic carbocycles. The predicted molar refractivity (Wildman–Crippen MR) is 77.4 cm³/mol. The molecular weight excluding hydrogens is 258 g/mol. The van der Waals surface area contributed by atoms with E-state index in [4.69, 9.17) is 4.74 Å². The van der Waals surface area contributed by atoms with Crippen LogP contribution in [0.5, 0.6) is 0 Å². The number of nitrogens with one attached hydrogen (secondary N) is 1. The monoisotopic (exact) mass is 275 g/mol. The van der Waals surface area contributed by atoms with E-state index in [1.807, 2.05) is 19.1 Å². The van der Waals surface area contributed by atoms with Crippen molar-refractivity contribution in [3.05, 3.63) is 35.2 Å². The Labute approximate surface area is 116 Å². The van der Waals surface area contributed by atoms with Crippen molar-refractivity contribution >= 4 is 27.4 Å². The number of benzene rings is 1. The third-order valence-electron chi connectivity index (χ3n) is 3.32. The summed E-state index contributed by atoms with van der Waals surface area (Å²) >= 11 is 1.68. The molecule has 19 heavy (non-hydrogen) atoms. The number of carbonyl (C=O) groups excluding carboxylic acids is 1. The lowest BCUT2D eigenvalue weighted by molar-refractivity contribution is -0.145. The molecule has 1 heterocycles. The van der Waals surface area contributed by atoms with Crippen LogP contribution >= 0.6 is 11.3 Å². The number of ether oxygens (including phenoxy) is 1. The Morgan fingerprint density at radius 2 is 2.26 bits per heavy atom. The maximum absolute atomic E-state index is 12.2. The average molecular weight is 275 g/mol. The normalized spacial score (nSPS) is 16.5. The SMILES string of the molecule is CCOC(=O)C(NC1CC1)c1csc2ccccc12. The highest BCUT2D eigenvalue weighted by molar-refractivity contribution is 7.17. The van der Waals surface area contributed by atoms with Crippen molar-refractivity contribution in [2.75, 3.05) is 6.61 Å². The van der Waals surface area contributed by atoms with E-state index in [-0.39, 0.29) is 12.0 Å². The van der Waals surface area contributed by atoms with Crippen LogP contribution in [0.3, 0.4) is 0 Å². The van der Waals surface area contributed by atoms with Gasteiger partial charge in [-0.2, -0.15) is 0 Å². The van der Waals surface area contributed by atoms with Gasteiger partial charge >= 0.3 is 5.97 Å². The lowest BCUT2D eigenvalue weighted by Gasteiger charge is -2.16. The van der Waals surface area contributed by atoms with Gasteiger partial charge < -0.3 is 4.74 Å². The standard InChI is InChI=1S/C15H17NO2S/c1-2-18-15(17)14(16-10-7-8-10)12-9-19-13-6-4-3-5-11(12)13/h3-6,9-10,14,16H,2,7-8H2,1H3. The molecule has 1 aliphatic rings. The summed E-state index contributed by atoms with van der Waals surface area (Å²) in [6, 6.07) is 8.33. The predicted octanol–water partition coefficient (Wildman–Crippen LogP) is 3.26. The van der Waals surface area contributed by atoms with Gasteiger partial charge in [0.25, 0.3) is 0 Å². The van der Waals surface area contributed by atoms with E-state index < -0.39 is 0 Å². The molecule has 1 aliphatic carbocycles. The zero-order valence-corrected chi connectivity index (χ0v) is 11.7. The molecule has 1 atom stereocenters. The highest BCUT2D eigenvalue weighted by Gasteiger charge is 2.31. The quantitative estimate of drug-likeness (QED) is 0.851. The van der Waals surface area contributed by atoms with E-state index in [0.717, 1.165) is 23.8 Å². The van der Waals surface area contributed by atoms with Crippen molar-refractivity contribution in [2.45, 2.75) is 31.8 Å². The highest BCUT2D eigenvalue weighted by Crippen LogP contribution is 2.33. The Hall–Kier alpha value is -1.39. The molecule has 1 N–H and O–H groups in total. The second kappa shape index (κ2) is 5.31. The van der Waals surface area contributed by atoms with E-state index in [1.165, 1.54) is 4.70 Å². The molecular formula is C15H17NO2S. The fourth-order valence-corrected chi connectivity index (χ4v) is 3.20. The third-order valence-corrected chi connectivity index (χ3v) is 4.31. The molecule has 3 nitrogen and oxygen atoms in total. The van der Waals surface area contributed by atoms with Gasteiger partial charge in [0, 0.05) is 10.7 Å². The zero-order chi connectivity index (χ0) is 13.2. The summed E-state index contributed by atoms with van der Waals surface area (Å²) in [4.78, 5) is 12.2. The Kier molecular flexibility index (Phi) is 3.53. The van der Waals surface area contributed by atoms with Crippen LogP contribution in [0, 0.1) is 0 Å². The number of hydrogen-bond donors (Lipinski definition) is 1. The first-order valence-electron chi connectivity index (χ1n) is 6.68. The summed E-state index contributed by atoms with van der Waals surface area (Å²) in [5.41, 5.74) is 1.05. The summed E-state index contributed by atoms with van der Waals surface area (Å²) in [6.07, 6.45) is 2.30. The Bertz CT molecular complexity index is 589. The van der Waals surface area contributed by atoms with Crippen molar-refractivity contribution < 1.29 is 9.53 Å². The van der Waals surface area contributed by atoms with Crippen LogP contribution in [0.2, 0.25) is 0 Å². The molecule has 0 radical (unpaired) electrons. The number of carbonyl (C=O) groups is 1. The van der Waals surface area contributed by atoms with Crippen molar-refractivity contribution in [3.8, 4) is 0 Å². The minimum absolute atomic E-state index is 0.169. The lowest BCUT2D eigenvalue weighted by Crippen LogP contribution is -2.31. The van der Waals surface area contributed by atoms with Gasteiger partial charge in [-0.05, 0) is 42.2 Å². The molecule has 0 saturated heterocycles. The van der Waals surface area contributed by atoms with E-state index in [1.54, 1.807) is 11.3 Å². The molecule has 2 aromatic rings. The minimum atomic E-state index is -0.330. The van der Waals surface area contributed by atoms with Gasteiger partial charge in [0.05, 0.1) is 6.61 Å². The maximum atomic E-state index is 12.2.